The highest BCUT2D eigenvalue weighted by molar-refractivity contribution is 5.98. The van der Waals surface area contributed by atoms with Gasteiger partial charge in [0, 0.05) is 31.1 Å². The maximum Gasteiger partial charge on any atom is 0.256 e. The molecule has 0 radical (unpaired) electrons. The van der Waals surface area contributed by atoms with Gasteiger partial charge in [-0.3, -0.25) is 9.48 Å². The molecule has 35 heavy (non-hydrogen) atoms. The number of carbonyl (C=O) groups is 1. The predicted molar refractivity (Wildman–Crippen MR) is 131 cm³/mol. The van der Waals surface area contributed by atoms with E-state index in [0.29, 0.717) is 11.8 Å². The molecule has 4 aromatic rings. The lowest BCUT2D eigenvalue weighted by atomic mass is 10.1. The molecular weight excluding hydrogens is 449 g/mol. The summed E-state index contributed by atoms with van der Waals surface area (Å²) in [6, 6.07) is 10.5. The van der Waals surface area contributed by atoms with Crippen molar-refractivity contribution in [3.05, 3.63) is 71.3 Å². The quantitative estimate of drug-likeness (QED) is 0.336. The first-order valence-electron chi connectivity index (χ1n) is 11.4. The molecule has 0 saturated carbocycles. The minimum atomic E-state index is -0.688. The van der Waals surface area contributed by atoms with Crippen molar-refractivity contribution < 1.29 is 14.3 Å². The van der Waals surface area contributed by atoms with Crippen LogP contribution in [-0.2, 0) is 6.42 Å². The molecule has 5 rings (SSSR count). The highest BCUT2D eigenvalue weighted by Crippen LogP contribution is 2.35. The zero-order valence-electron chi connectivity index (χ0n) is 19.6. The SMILES string of the molecule is CNC(=O)c1cnc(Nc2cc3c(cnn3C(C)C)cc2F)nc1N[C@H]1c2ccccc2C[C@H]1O. The second-order valence-electron chi connectivity index (χ2n) is 8.83. The lowest BCUT2D eigenvalue weighted by molar-refractivity contribution is 0.0962. The van der Waals surface area contributed by atoms with Crippen molar-refractivity contribution in [3.8, 4) is 0 Å². The van der Waals surface area contributed by atoms with Gasteiger partial charge in [0.1, 0.15) is 17.2 Å². The minimum Gasteiger partial charge on any atom is -0.390 e. The van der Waals surface area contributed by atoms with Crippen LogP contribution in [-0.4, -0.2) is 43.9 Å². The number of aliphatic hydroxyl groups is 1. The van der Waals surface area contributed by atoms with Crippen LogP contribution in [0.15, 0.2) is 48.8 Å². The van der Waals surface area contributed by atoms with Crippen LogP contribution < -0.4 is 16.0 Å². The Kier molecular flexibility index (Phi) is 5.81. The molecule has 0 fully saturated rings. The number of hydrogen-bond acceptors (Lipinski definition) is 7. The fourth-order valence-electron chi connectivity index (χ4n) is 4.44. The molecule has 2 aromatic heterocycles. The van der Waals surface area contributed by atoms with E-state index >= 15 is 0 Å². The number of fused-ring (bicyclic) bond motifs is 2. The van der Waals surface area contributed by atoms with Crippen molar-refractivity contribution >= 4 is 34.3 Å². The molecule has 10 heteroatoms. The van der Waals surface area contributed by atoms with Crippen LogP contribution in [0.25, 0.3) is 10.9 Å². The van der Waals surface area contributed by atoms with Gasteiger partial charge in [0.15, 0.2) is 0 Å². The molecule has 4 N–H and O–H groups in total. The van der Waals surface area contributed by atoms with Crippen molar-refractivity contribution in [1.29, 1.82) is 0 Å². The molecule has 2 aromatic carbocycles. The molecule has 9 nitrogen and oxygen atoms in total. The second-order valence-corrected chi connectivity index (χ2v) is 8.83. The van der Waals surface area contributed by atoms with Gasteiger partial charge in [-0.25, -0.2) is 9.37 Å². The zero-order valence-corrected chi connectivity index (χ0v) is 19.6. The molecule has 0 spiro atoms. The Morgan fingerprint density at radius 1 is 1.23 bits per heavy atom. The second kappa shape index (κ2) is 8.95. The number of carbonyl (C=O) groups excluding carboxylic acids is 1. The van der Waals surface area contributed by atoms with E-state index in [9.17, 15) is 14.3 Å². The van der Waals surface area contributed by atoms with Crippen LogP contribution in [0.2, 0.25) is 0 Å². The summed E-state index contributed by atoms with van der Waals surface area (Å²) in [5.74, 6) is -0.520. The van der Waals surface area contributed by atoms with Crippen LogP contribution in [0, 0.1) is 5.82 Å². The van der Waals surface area contributed by atoms with Gasteiger partial charge in [-0.1, -0.05) is 24.3 Å². The van der Waals surface area contributed by atoms with E-state index in [2.05, 4.69) is 31.0 Å². The Bertz CT molecular complexity index is 1420. The third kappa shape index (κ3) is 4.17. The lowest BCUT2D eigenvalue weighted by Crippen LogP contribution is -2.26. The van der Waals surface area contributed by atoms with Gasteiger partial charge in [-0.05, 0) is 37.1 Å². The highest BCUT2D eigenvalue weighted by Gasteiger charge is 2.32. The number of nitrogens with zero attached hydrogens (tertiary/aromatic N) is 4. The Morgan fingerprint density at radius 3 is 2.80 bits per heavy atom. The first-order valence-corrected chi connectivity index (χ1v) is 11.4. The topological polar surface area (TPSA) is 117 Å². The molecule has 1 aliphatic rings. The van der Waals surface area contributed by atoms with Crippen molar-refractivity contribution in [1.82, 2.24) is 25.1 Å². The van der Waals surface area contributed by atoms with Gasteiger partial charge in [-0.15, -0.1) is 0 Å². The number of benzene rings is 2. The molecular formula is C25H26FN7O2. The summed E-state index contributed by atoms with van der Waals surface area (Å²) in [4.78, 5) is 21.2. The van der Waals surface area contributed by atoms with Crippen molar-refractivity contribution in [2.75, 3.05) is 17.7 Å². The molecule has 0 saturated heterocycles. The number of anilines is 3. The summed E-state index contributed by atoms with van der Waals surface area (Å²) in [6.07, 6.45) is 2.81. The van der Waals surface area contributed by atoms with Crippen molar-refractivity contribution in [2.24, 2.45) is 0 Å². The maximum absolute atomic E-state index is 14.9. The van der Waals surface area contributed by atoms with Crippen LogP contribution in [0.5, 0.6) is 0 Å². The minimum absolute atomic E-state index is 0.102. The fraction of sp³-hybridized carbons (Fsp3) is 0.280. The third-order valence-electron chi connectivity index (χ3n) is 6.18. The first kappa shape index (κ1) is 22.7. The third-order valence-corrected chi connectivity index (χ3v) is 6.18. The molecule has 0 aliphatic heterocycles. The maximum atomic E-state index is 14.9. The van der Waals surface area contributed by atoms with E-state index in [1.807, 2.05) is 38.1 Å². The van der Waals surface area contributed by atoms with Gasteiger partial charge >= 0.3 is 0 Å². The molecule has 0 bridgehead atoms. The Morgan fingerprint density at radius 2 is 2.03 bits per heavy atom. The molecule has 180 valence electrons. The molecule has 0 unspecified atom stereocenters. The number of halogens is 1. The van der Waals surface area contributed by atoms with Gasteiger partial charge < -0.3 is 21.1 Å². The van der Waals surface area contributed by atoms with Crippen LogP contribution in [0.4, 0.5) is 21.8 Å². The molecule has 2 heterocycles. The smallest absolute Gasteiger partial charge is 0.256 e. The average Bonchev–Trinajstić information content (AvgIpc) is 3.39. The van der Waals surface area contributed by atoms with Gasteiger partial charge in [0.25, 0.3) is 5.91 Å². The number of aliphatic hydroxyl groups excluding tert-OH is 1. The van der Waals surface area contributed by atoms with E-state index in [1.54, 1.807) is 16.9 Å². The van der Waals surface area contributed by atoms with E-state index in [4.69, 9.17) is 0 Å². The van der Waals surface area contributed by atoms with Crippen LogP contribution in [0.3, 0.4) is 0 Å². The number of aromatic nitrogens is 4. The van der Waals surface area contributed by atoms with Gasteiger partial charge in [-0.2, -0.15) is 10.1 Å². The largest absolute Gasteiger partial charge is 0.390 e. The number of amides is 1. The Hall–Kier alpha value is -4.05. The number of nitrogens with one attached hydrogen (secondary N) is 3. The molecule has 2 atom stereocenters. The van der Waals surface area contributed by atoms with E-state index in [-0.39, 0.29) is 35.0 Å². The van der Waals surface area contributed by atoms with Gasteiger partial charge in [0.05, 0.1) is 29.5 Å². The van der Waals surface area contributed by atoms with E-state index in [0.717, 1.165) is 16.6 Å². The highest BCUT2D eigenvalue weighted by atomic mass is 19.1. The Balaban J connectivity index is 1.51. The summed E-state index contributed by atoms with van der Waals surface area (Å²) < 4.78 is 16.7. The van der Waals surface area contributed by atoms with Crippen molar-refractivity contribution in [3.63, 3.8) is 0 Å². The summed E-state index contributed by atoms with van der Waals surface area (Å²) in [6.45, 7) is 3.99. The predicted octanol–water partition coefficient (Wildman–Crippen LogP) is 3.72. The van der Waals surface area contributed by atoms with E-state index in [1.165, 1.54) is 19.3 Å². The fourth-order valence-corrected chi connectivity index (χ4v) is 4.44. The summed E-state index contributed by atoms with van der Waals surface area (Å²) in [5, 5.41) is 24.4. The van der Waals surface area contributed by atoms with Crippen molar-refractivity contribution in [2.45, 2.75) is 38.5 Å². The molecule has 1 aliphatic carbocycles. The summed E-state index contributed by atoms with van der Waals surface area (Å²) in [7, 11) is 1.51. The zero-order chi connectivity index (χ0) is 24.7. The summed E-state index contributed by atoms with van der Waals surface area (Å²) >= 11 is 0. The number of rotatable bonds is 6. The summed E-state index contributed by atoms with van der Waals surface area (Å²) in [5.41, 5.74) is 3.14. The first-order chi connectivity index (χ1) is 16.9. The number of hydrogen-bond donors (Lipinski definition) is 4. The van der Waals surface area contributed by atoms with Crippen LogP contribution in [0.1, 0.15) is 47.4 Å². The monoisotopic (exact) mass is 475 g/mol. The van der Waals surface area contributed by atoms with Gasteiger partial charge in [0.2, 0.25) is 5.95 Å². The standard InChI is InChI=1S/C25H26FN7O2/c1-13(2)33-20-10-19(18(26)8-15(20)11-29-33)30-25-28-12-17(24(35)27-3)23(32-25)31-22-16-7-5-4-6-14(16)9-21(22)34/h4-8,10-13,21-22,34H,9H2,1-3H3,(H,27,35)(H2,28,30,31,32)/t21-,22+/m1/s1. The lowest BCUT2D eigenvalue weighted by Gasteiger charge is -2.20. The van der Waals surface area contributed by atoms with E-state index < -0.39 is 18.0 Å². The molecule has 1 amide bonds. The normalized spacial score (nSPS) is 17.0. The van der Waals surface area contributed by atoms with Crippen LogP contribution >= 0.6 is 0 Å². The average molecular weight is 476 g/mol. The Labute approximate surface area is 201 Å².